The number of amides is 2. The van der Waals surface area contributed by atoms with Gasteiger partial charge < -0.3 is 52.7 Å². The van der Waals surface area contributed by atoms with Crippen molar-refractivity contribution >= 4 is 64.9 Å². The van der Waals surface area contributed by atoms with Gasteiger partial charge in [0.25, 0.3) is 0 Å². The van der Waals surface area contributed by atoms with Crippen LogP contribution >= 0.6 is 23.7 Å². The molecule has 1 aliphatic heterocycles. The number of amidine groups is 1. The third-order valence-corrected chi connectivity index (χ3v) is 12.8. The van der Waals surface area contributed by atoms with Gasteiger partial charge >= 0.3 is 36.1 Å². The third kappa shape index (κ3) is 14.6. The molecule has 1 aliphatic carbocycles. The summed E-state index contributed by atoms with van der Waals surface area (Å²) in [6.45, 7) is 3.37. The lowest BCUT2D eigenvalue weighted by molar-refractivity contribution is -0.254. The second-order valence-corrected chi connectivity index (χ2v) is 18.1. The molecule has 2 aliphatic rings. The molecule has 0 spiro atoms. The molecule has 6 rings (SSSR count). The maximum atomic E-state index is 14.3. The van der Waals surface area contributed by atoms with Crippen molar-refractivity contribution in [3.8, 4) is 28.4 Å². The van der Waals surface area contributed by atoms with Gasteiger partial charge in [-0.15, -0.1) is 16.2 Å². The van der Waals surface area contributed by atoms with Crippen LogP contribution in [0.3, 0.4) is 0 Å². The molecule has 0 saturated carbocycles. The SMILES string of the molecule is COc1cc2c(c(OC)c1OC)-c1ccc(SC)c(=O)cc1[C@@H](N=C(N[C@@H]1O[C@H](COC(C)=O)[C@@H](OC(C)=O)[C@H](OC(C)=O)[C@H]1OC(C)=O)SN(NC(=O)OCc1ccccc1)C(=O)OCc1ccccc1)CC2. The standard InChI is InChI=1S/C51H56N4O17S2/c1-28(56)66-27-40-44(69-29(2)57)46(70-30(3)58)47(71-31(4)59)48(72-40)53-49(74-55(51(62)68-26-33-17-13-10-14-18-33)54-50(61)67-25-32-15-11-9-12-16-32)52-37-21-19-34-23-39(63-5)43(64-6)45(65-7)42(34)35-20-22-41(73-8)38(60)24-36(35)37/h9-18,20,22-24,37,40,44,46-48H,19,21,25-27H2,1-8H3,(H,52,53)(H,54,61)/t37-,40+,44+,46-,47+,48+/m0/s1. The number of aliphatic imine (C=N–C) groups is 1. The molecule has 2 N–H and O–H groups in total. The minimum absolute atomic E-state index is 0.173. The number of hydrogen-bond donors (Lipinski definition) is 2. The highest BCUT2D eigenvalue weighted by molar-refractivity contribution is 8.12. The monoisotopic (exact) mass is 1060 g/mol. The molecule has 0 radical (unpaired) electrons. The van der Waals surface area contributed by atoms with Gasteiger partial charge in [-0.3, -0.25) is 29.0 Å². The van der Waals surface area contributed by atoms with E-state index in [1.165, 1.54) is 39.2 Å². The minimum atomic E-state index is -1.66. The number of nitrogens with one attached hydrogen (secondary N) is 2. The van der Waals surface area contributed by atoms with Crippen LogP contribution < -0.4 is 30.4 Å². The van der Waals surface area contributed by atoms with E-state index in [9.17, 15) is 33.6 Å². The highest BCUT2D eigenvalue weighted by atomic mass is 32.2. The Morgan fingerprint density at radius 3 is 1.91 bits per heavy atom. The Morgan fingerprint density at radius 1 is 0.716 bits per heavy atom. The molecule has 2 amide bonds. The number of aryl methyl sites for hydroxylation is 1. The summed E-state index contributed by atoms with van der Waals surface area (Å²) >= 11 is 1.70. The molecule has 1 heterocycles. The summed E-state index contributed by atoms with van der Waals surface area (Å²) in [5.41, 5.74) is 5.53. The zero-order chi connectivity index (χ0) is 53.5. The number of esters is 4. The summed E-state index contributed by atoms with van der Waals surface area (Å²) in [6.07, 6.45) is -7.85. The Morgan fingerprint density at radius 2 is 1.32 bits per heavy atom. The van der Waals surface area contributed by atoms with E-state index in [0.717, 1.165) is 33.3 Å². The molecule has 1 saturated heterocycles. The van der Waals surface area contributed by atoms with Crippen LogP contribution in [0.25, 0.3) is 11.1 Å². The molecule has 394 valence electrons. The van der Waals surface area contributed by atoms with Gasteiger partial charge in [0.05, 0.1) is 44.2 Å². The number of methoxy groups -OCH3 is 3. The zero-order valence-electron chi connectivity index (χ0n) is 41.7. The molecular formula is C51H56N4O17S2. The predicted molar refractivity (Wildman–Crippen MR) is 269 cm³/mol. The second-order valence-electron chi connectivity index (χ2n) is 16.3. The summed E-state index contributed by atoms with van der Waals surface area (Å²) in [6, 6.07) is 23.2. The van der Waals surface area contributed by atoms with Gasteiger partial charge in [0, 0.05) is 33.3 Å². The van der Waals surface area contributed by atoms with Gasteiger partial charge in [0.1, 0.15) is 25.9 Å². The fourth-order valence-electron chi connectivity index (χ4n) is 8.08. The van der Waals surface area contributed by atoms with Crippen LogP contribution in [0.5, 0.6) is 17.2 Å². The first-order valence-electron chi connectivity index (χ1n) is 22.9. The van der Waals surface area contributed by atoms with Gasteiger partial charge in [-0.05, 0) is 65.1 Å². The van der Waals surface area contributed by atoms with Crippen molar-refractivity contribution in [1.29, 1.82) is 0 Å². The largest absolute Gasteiger partial charge is 0.493 e. The fourth-order valence-corrected chi connectivity index (χ4v) is 9.31. The number of carbonyl (C=O) groups is 6. The topological polar surface area (TPSA) is 251 Å². The molecule has 0 aromatic heterocycles. The maximum Gasteiger partial charge on any atom is 0.440 e. The van der Waals surface area contributed by atoms with E-state index < -0.39 is 79.4 Å². The Labute approximate surface area is 434 Å². The van der Waals surface area contributed by atoms with Crippen LogP contribution in [-0.4, -0.2) is 110 Å². The number of fused-ring (bicyclic) bond motifs is 3. The lowest BCUT2D eigenvalue weighted by atomic mass is 9.95. The van der Waals surface area contributed by atoms with Crippen LogP contribution in [0.1, 0.15) is 62.4 Å². The number of rotatable bonds is 15. The van der Waals surface area contributed by atoms with Gasteiger partial charge in [0.2, 0.25) is 5.75 Å². The second kappa shape index (κ2) is 26.5. The molecule has 6 atom stereocenters. The van der Waals surface area contributed by atoms with Crippen molar-refractivity contribution in [2.75, 3.05) is 34.2 Å². The van der Waals surface area contributed by atoms with Gasteiger partial charge in [-0.2, -0.15) is 0 Å². The van der Waals surface area contributed by atoms with Crippen LogP contribution in [-0.2, 0) is 72.0 Å². The smallest absolute Gasteiger partial charge is 0.440 e. The summed E-state index contributed by atoms with van der Waals surface area (Å²) in [5, 5.41) is 2.81. The third-order valence-electron chi connectivity index (χ3n) is 11.2. The lowest BCUT2D eigenvalue weighted by Gasteiger charge is -2.44. The number of nitrogens with zero attached hydrogens (tertiary/aromatic N) is 2. The number of carbonyl (C=O) groups excluding carboxylic acids is 6. The molecule has 1 fully saturated rings. The summed E-state index contributed by atoms with van der Waals surface area (Å²) in [4.78, 5) is 98.1. The number of thioether (sulfide) groups is 1. The van der Waals surface area contributed by atoms with Crippen molar-refractivity contribution < 1.29 is 76.1 Å². The predicted octanol–water partition coefficient (Wildman–Crippen LogP) is 6.61. The summed E-state index contributed by atoms with van der Waals surface area (Å²) in [5.74, 6) is -2.39. The van der Waals surface area contributed by atoms with Crippen molar-refractivity contribution in [2.45, 2.75) is 95.3 Å². The van der Waals surface area contributed by atoms with E-state index in [-0.39, 0.29) is 42.4 Å². The molecule has 0 bridgehead atoms. The minimum Gasteiger partial charge on any atom is -0.493 e. The number of ether oxygens (including phenoxy) is 10. The maximum absolute atomic E-state index is 14.3. The normalized spacial score (nSPS) is 18.8. The van der Waals surface area contributed by atoms with E-state index in [2.05, 4.69) is 10.7 Å². The van der Waals surface area contributed by atoms with Crippen molar-refractivity contribution in [2.24, 2.45) is 4.99 Å². The Hall–Kier alpha value is -7.50. The molecule has 0 unspecified atom stereocenters. The first kappa shape index (κ1) is 55.8. The molecule has 21 nitrogen and oxygen atoms in total. The number of benzene rings is 3. The highest BCUT2D eigenvalue weighted by Gasteiger charge is 2.53. The lowest BCUT2D eigenvalue weighted by Crippen LogP contribution is -2.66. The summed E-state index contributed by atoms with van der Waals surface area (Å²) < 4.78 is 58.2. The molecule has 23 heteroatoms. The van der Waals surface area contributed by atoms with E-state index in [0.29, 0.717) is 60.6 Å². The van der Waals surface area contributed by atoms with Crippen molar-refractivity contribution in [3.63, 3.8) is 0 Å². The van der Waals surface area contributed by atoms with Crippen LogP contribution in [0.15, 0.2) is 99.6 Å². The van der Waals surface area contributed by atoms with E-state index in [4.69, 9.17) is 52.4 Å². The molecule has 4 aromatic rings. The van der Waals surface area contributed by atoms with Gasteiger partial charge in [-0.25, -0.2) is 15.0 Å². The summed E-state index contributed by atoms with van der Waals surface area (Å²) in [7, 11) is 4.43. The molecule has 74 heavy (non-hydrogen) atoms. The van der Waals surface area contributed by atoms with Crippen LogP contribution in [0.2, 0.25) is 0 Å². The Bertz CT molecular complexity index is 2770. The Kier molecular flexibility index (Phi) is 19.9. The molecular weight excluding hydrogens is 1000 g/mol. The van der Waals surface area contributed by atoms with Crippen molar-refractivity contribution in [1.82, 2.24) is 15.2 Å². The first-order valence-corrected chi connectivity index (χ1v) is 24.9. The number of hydrazine groups is 1. The first-order chi connectivity index (χ1) is 35.5. The van der Waals surface area contributed by atoms with Crippen LogP contribution in [0, 0.1) is 0 Å². The Balaban J connectivity index is 1.56. The van der Waals surface area contributed by atoms with E-state index in [1.807, 2.05) is 0 Å². The number of hydrogen-bond acceptors (Lipinski definition) is 20. The van der Waals surface area contributed by atoms with Crippen molar-refractivity contribution in [3.05, 3.63) is 117 Å². The highest BCUT2D eigenvalue weighted by Crippen LogP contribution is 2.51. The van der Waals surface area contributed by atoms with Gasteiger partial charge in [0.15, 0.2) is 46.6 Å². The van der Waals surface area contributed by atoms with Gasteiger partial charge in [-0.1, -0.05) is 66.7 Å². The zero-order valence-corrected chi connectivity index (χ0v) is 43.4. The quantitative estimate of drug-likeness (QED) is 0.0242. The fraction of sp³-hybridized carbons (Fsp3) is 0.373. The van der Waals surface area contributed by atoms with E-state index >= 15 is 0 Å². The average molecular weight is 1060 g/mol. The van der Waals surface area contributed by atoms with E-state index in [1.54, 1.807) is 85.1 Å². The average Bonchev–Trinajstić information content (AvgIpc) is 3.62. The van der Waals surface area contributed by atoms with Crippen LogP contribution in [0.4, 0.5) is 9.59 Å². The molecule has 4 aromatic carbocycles.